The van der Waals surface area contributed by atoms with E-state index in [0.29, 0.717) is 18.7 Å². The molecule has 2 amide bonds. The number of likely N-dealkylation sites (tertiary alicyclic amines) is 1. The number of nitrogens with zero attached hydrogens (tertiary/aromatic N) is 3. The van der Waals surface area contributed by atoms with E-state index in [1.54, 1.807) is 0 Å². The molecule has 1 atom stereocenters. The molecular weight excluding hydrogens is 367 g/mol. The molecule has 144 valence electrons. The van der Waals surface area contributed by atoms with E-state index in [9.17, 15) is 14.0 Å². The lowest BCUT2D eigenvalue weighted by molar-refractivity contribution is -0.132. The van der Waals surface area contributed by atoms with Crippen LogP contribution in [-0.4, -0.2) is 40.0 Å². The van der Waals surface area contributed by atoms with Gasteiger partial charge < -0.3 is 10.2 Å². The molecule has 0 radical (unpaired) electrons. The first-order valence-corrected chi connectivity index (χ1v) is 10.1. The van der Waals surface area contributed by atoms with Crippen LogP contribution < -0.4 is 5.32 Å². The molecule has 1 fully saturated rings. The summed E-state index contributed by atoms with van der Waals surface area (Å²) in [5.41, 5.74) is 0.503. The van der Waals surface area contributed by atoms with E-state index in [1.165, 1.54) is 35.6 Å². The highest BCUT2D eigenvalue weighted by atomic mass is 32.1. The first-order valence-electron chi connectivity index (χ1n) is 9.25. The molecule has 0 saturated carbocycles. The van der Waals surface area contributed by atoms with E-state index >= 15 is 0 Å². The summed E-state index contributed by atoms with van der Waals surface area (Å²) in [5.74, 6) is -0.409. The van der Waals surface area contributed by atoms with Gasteiger partial charge in [-0.3, -0.25) is 9.59 Å². The van der Waals surface area contributed by atoms with Crippen LogP contribution in [0.3, 0.4) is 0 Å². The van der Waals surface area contributed by atoms with Crippen molar-refractivity contribution in [2.75, 3.05) is 18.4 Å². The highest BCUT2D eigenvalue weighted by Crippen LogP contribution is 2.29. The number of unbranched alkanes of at least 4 members (excludes halogenated alkanes) is 1. The molecule has 1 aliphatic rings. The van der Waals surface area contributed by atoms with Crippen molar-refractivity contribution in [2.24, 2.45) is 0 Å². The fraction of sp³-hybridized carbons (Fsp3) is 0.474. The van der Waals surface area contributed by atoms with Crippen molar-refractivity contribution < 1.29 is 14.0 Å². The minimum atomic E-state index is -0.364. The van der Waals surface area contributed by atoms with Crippen molar-refractivity contribution in [2.45, 2.75) is 44.9 Å². The van der Waals surface area contributed by atoms with Crippen LogP contribution in [0, 0.1) is 5.82 Å². The lowest BCUT2D eigenvalue weighted by Crippen LogP contribution is -2.38. The quantitative estimate of drug-likeness (QED) is 0.813. The molecule has 0 unspecified atom stereocenters. The largest absolute Gasteiger partial charge is 0.342 e. The Morgan fingerprint density at radius 1 is 1.30 bits per heavy atom. The van der Waals surface area contributed by atoms with Gasteiger partial charge in [0.25, 0.3) is 5.91 Å². The second kappa shape index (κ2) is 9.03. The van der Waals surface area contributed by atoms with Crippen LogP contribution in [0.1, 0.15) is 59.8 Å². The molecule has 0 aliphatic carbocycles. The summed E-state index contributed by atoms with van der Waals surface area (Å²) in [6.45, 7) is 3.50. The Balaban J connectivity index is 1.61. The molecule has 0 bridgehead atoms. The minimum absolute atomic E-state index is 0.120. The molecule has 0 spiro atoms. The van der Waals surface area contributed by atoms with Gasteiger partial charge in [-0.15, -0.1) is 10.2 Å². The Bertz CT molecular complexity index is 793. The Hall–Kier alpha value is -2.35. The number of anilines is 1. The van der Waals surface area contributed by atoms with Crippen molar-refractivity contribution >= 4 is 28.8 Å². The molecule has 2 aromatic rings. The standard InChI is InChI=1S/C19H23FN4O2S/c1-2-3-6-16(25)24-11-4-5-13(12-24)18-22-23-19(27-18)17(26)21-15-9-7-14(20)8-10-15/h7-10,13H,2-6,11-12H2,1H3,(H,21,26)/t13-/m0/s1. The maximum atomic E-state index is 13.0. The number of nitrogens with one attached hydrogen (secondary N) is 1. The Kier molecular flexibility index (Phi) is 6.49. The number of piperidine rings is 1. The van der Waals surface area contributed by atoms with E-state index in [1.807, 2.05) is 4.90 Å². The van der Waals surface area contributed by atoms with Gasteiger partial charge in [-0.25, -0.2) is 4.39 Å². The summed E-state index contributed by atoms with van der Waals surface area (Å²) < 4.78 is 13.0. The zero-order valence-corrected chi connectivity index (χ0v) is 16.1. The number of carbonyl (C=O) groups excluding carboxylic acids is 2. The highest BCUT2D eigenvalue weighted by Gasteiger charge is 2.27. The third-order valence-corrected chi connectivity index (χ3v) is 5.69. The van der Waals surface area contributed by atoms with Crippen molar-refractivity contribution in [3.63, 3.8) is 0 Å². The third-order valence-electron chi connectivity index (χ3n) is 4.60. The summed E-state index contributed by atoms with van der Waals surface area (Å²) >= 11 is 1.26. The van der Waals surface area contributed by atoms with Crippen molar-refractivity contribution in [3.8, 4) is 0 Å². The maximum Gasteiger partial charge on any atom is 0.286 e. The summed E-state index contributed by atoms with van der Waals surface area (Å²) in [7, 11) is 0. The minimum Gasteiger partial charge on any atom is -0.342 e. The predicted octanol–water partition coefficient (Wildman–Crippen LogP) is 3.83. The molecule has 1 aromatic carbocycles. The van der Waals surface area contributed by atoms with Crippen LogP contribution in [0.2, 0.25) is 0 Å². The summed E-state index contributed by atoms with van der Waals surface area (Å²) in [6.07, 6.45) is 4.37. The number of hydrogen-bond donors (Lipinski definition) is 1. The van der Waals surface area contributed by atoms with Gasteiger partial charge in [0.1, 0.15) is 10.8 Å². The van der Waals surface area contributed by atoms with Gasteiger partial charge >= 0.3 is 0 Å². The van der Waals surface area contributed by atoms with Gasteiger partial charge in [0.2, 0.25) is 10.9 Å². The lowest BCUT2D eigenvalue weighted by atomic mass is 9.98. The number of amides is 2. The fourth-order valence-corrected chi connectivity index (χ4v) is 3.96. The summed E-state index contributed by atoms with van der Waals surface area (Å²) in [6, 6.07) is 5.56. The lowest BCUT2D eigenvalue weighted by Gasteiger charge is -2.31. The fourth-order valence-electron chi connectivity index (χ4n) is 3.10. The second-order valence-corrected chi connectivity index (χ2v) is 7.70. The summed E-state index contributed by atoms with van der Waals surface area (Å²) in [4.78, 5) is 26.5. The Morgan fingerprint density at radius 2 is 2.07 bits per heavy atom. The van der Waals surface area contributed by atoms with Gasteiger partial charge in [0.05, 0.1) is 0 Å². The molecular formula is C19H23FN4O2S. The van der Waals surface area contributed by atoms with E-state index < -0.39 is 0 Å². The number of halogens is 1. The van der Waals surface area contributed by atoms with E-state index in [0.717, 1.165) is 37.2 Å². The molecule has 1 saturated heterocycles. The van der Waals surface area contributed by atoms with E-state index in [2.05, 4.69) is 22.4 Å². The van der Waals surface area contributed by atoms with Gasteiger partial charge in [-0.2, -0.15) is 0 Å². The molecule has 2 heterocycles. The van der Waals surface area contributed by atoms with Gasteiger partial charge in [0.15, 0.2) is 0 Å². The molecule has 1 aromatic heterocycles. The third kappa shape index (κ3) is 5.09. The molecule has 8 heteroatoms. The number of aromatic nitrogens is 2. The van der Waals surface area contributed by atoms with Crippen LogP contribution in [0.5, 0.6) is 0 Å². The Morgan fingerprint density at radius 3 is 2.81 bits per heavy atom. The van der Waals surface area contributed by atoms with E-state index in [4.69, 9.17) is 0 Å². The maximum absolute atomic E-state index is 13.0. The number of carbonyl (C=O) groups is 2. The molecule has 27 heavy (non-hydrogen) atoms. The highest BCUT2D eigenvalue weighted by molar-refractivity contribution is 7.13. The summed E-state index contributed by atoms with van der Waals surface area (Å²) in [5, 5.41) is 11.9. The van der Waals surface area contributed by atoms with E-state index in [-0.39, 0.29) is 28.6 Å². The van der Waals surface area contributed by atoms with Crippen LogP contribution >= 0.6 is 11.3 Å². The predicted molar refractivity (Wildman–Crippen MR) is 102 cm³/mol. The van der Waals surface area contributed by atoms with Crippen LogP contribution in [0.25, 0.3) is 0 Å². The molecule has 1 N–H and O–H groups in total. The smallest absolute Gasteiger partial charge is 0.286 e. The zero-order valence-electron chi connectivity index (χ0n) is 15.3. The Labute approximate surface area is 161 Å². The van der Waals surface area contributed by atoms with Crippen molar-refractivity contribution in [1.82, 2.24) is 15.1 Å². The normalized spacial score (nSPS) is 17.0. The molecule has 1 aliphatic heterocycles. The van der Waals surface area contributed by atoms with Crippen LogP contribution in [-0.2, 0) is 4.79 Å². The average molecular weight is 390 g/mol. The first kappa shape index (κ1) is 19.4. The topological polar surface area (TPSA) is 75.2 Å². The number of benzene rings is 1. The van der Waals surface area contributed by atoms with Gasteiger partial charge in [-0.05, 0) is 43.5 Å². The SMILES string of the molecule is CCCCC(=O)N1CCC[C@H](c2nnc(C(=O)Nc3ccc(F)cc3)s2)C1. The number of rotatable bonds is 6. The monoisotopic (exact) mass is 390 g/mol. The van der Waals surface area contributed by atoms with Gasteiger partial charge in [0, 0.05) is 31.1 Å². The average Bonchev–Trinajstić information content (AvgIpc) is 3.18. The number of hydrogen-bond acceptors (Lipinski definition) is 5. The van der Waals surface area contributed by atoms with Crippen LogP contribution in [0.4, 0.5) is 10.1 Å². The van der Waals surface area contributed by atoms with Crippen LogP contribution in [0.15, 0.2) is 24.3 Å². The van der Waals surface area contributed by atoms with Crippen molar-refractivity contribution in [1.29, 1.82) is 0 Å². The second-order valence-electron chi connectivity index (χ2n) is 6.69. The first-order chi connectivity index (χ1) is 13.1. The van der Waals surface area contributed by atoms with Gasteiger partial charge in [-0.1, -0.05) is 24.7 Å². The zero-order chi connectivity index (χ0) is 19.2. The molecule has 3 rings (SSSR count). The van der Waals surface area contributed by atoms with Crippen molar-refractivity contribution in [3.05, 3.63) is 40.1 Å². The molecule has 6 nitrogen and oxygen atoms in total.